The van der Waals surface area contributed by atoms with E-state index in [2.05, 4.69) is 19.2 Å². The van der Waals surface area contributed by atoms with Crippen molar-refractivity contribution in [2.75, 3.05) is 33.7 Å². The number of benzene rings is 1. The number of methoxy groups -OCH3 is 3. The summed E-state index contributed by atoms with van der Waals surface area (Å²) in [7, 11) is 4.67. The van der Waals surface area contributed by atoms with Gasteiger partial charge in [0, 0.05) is 11.4 Å². The van der Waals surface area contributed by atoms with Crippen molar-refractivity contribution in [2.24, 2.45) is 10.9 Å². The van der Waals surface area contributed by atoms with Crippen LogP contribution in [0.4, 0.5) is 0 Å². The van der Waals surface area contributed by atoms with Crippen LogP contribution >= 0.6 is 11.8 Å². The quantitative estimate of drug-likeness (QED) is 0.636. The van der Waals surface area contributed by atoms with E-state index in [0.717, 1.165) is 22.2 Å². The van der Waals surface area contributed by atoms with Crippen molar-refractivity contribution < 1.29 is 23.7 Å². The summed E-state index contributed by atoms with van der Waals surface area (Å²) in [6.07, 6.45) is 0. The van der Waals surface area contributed by atoms with E-state index in [1.54, 1.807) is 40.0 Å². The van der Waals surface area contributed by atoms with Crippen molar-refractivity contribution >= 4 is 22.9 Å². The average Bonchev–Trinajstić information content (AvgIpc) is 2.70. The van der Waals surface area contributed by atoms with Crippen LogP contribution < -0.4 is 19.5 Å². The SMILES string of the molecule is CCOC(=O)C1=C(C)NC(SCC(C)C)=N[C@@H]1c1cc(OC)c(OC)c(OC)c1. The van der Waals surface area contributed by atoms with Crippen LogP contribution in [-0.4, -0.2) is 44.8 Å². The molecule has 0 saturated carbocycles. The molecule has 7 nitrogen and oxygen atoms in total. The lowest BCUT2D eigenvalue weighted by molar-refractivity contribution is -0.138. The first kappa shape index (κ1) is 22.9. The highest BCUT2D eigenvalue weighted by atomic mass is 32.2. The third kappa shape index (κ3) is 5.38. The zero-order valence-corrected chi connectivity index (χ0v) is 18.9. The van der Waals surface area contributed by atoms with Gasteiger partial charge in [0.15, 0.2) is 16.7 Å². The summed E-state index contributed by atoms with van der Waals surface area (Å²) in [6, 6.07) is 3.09. The van der Waals surface area contributed by atoms with E-state index in [9.17, 15) is 4.79 Å². The molecule has 1 aliphatic rings. The molecule has 29 heavy (non-hydrogen) atoms. The van der Waals surface area contributed by atoms with Gasteiger partial charge in [0.05, 0.1) is 33.5 Å². The van der Waals surface area contributed by atoms with Gasteiger partial charge in [-0.2, -0.15) is 0 Å². The Balaban J connectivity index is 2.57. The number of aliphatic imine (C=N–C) groups is 1. The number of ether oxygens (including phenoxy) is 4. The zero-order chi connectivity index (χ0) is 21.6. The lowest BCUT2D eigenvalue weighted by Crippen LogP contribution is -2.31. The maximum Gasteiger partial charge on any atom is 0.338 e. The van der Waals surface area contributed by atoms with Crippen molar-refractivity contribution in [3.05, 3.63) is 29.0 Å². The predicted molar refractivity (Wildman–Crippen MR) is 116 cm³/mol. The number of allylic oxidation sites excluding steroid dienone is 1. The lowest BCUT2D eigenvalue weighted by Gasteiger charge is -2.27. The van der Waals surface area contributed by atoms with E-state index in [4.69, 9.17) is 23.9 Å². The third-order valence-corrected chi connectivity index (χ3v) is 5.58. The Hall–Kier alpha value is -2.35. The maximum atomic E-state index is 12.7. The maximum absolute atomic E-state index is 12.7. The number of hydrogen-bond acceptors (Lipinski definition) is 8. The summed E-state index contributed by atoms with van der Waals surface area (Å²) in [5.41, 5.74) is 1.95. The molecule has 0 fully saturated rings. The summed E-state index contributed by atoms with van der Waals surface area (Å²) in [5.74, 6) is 2.54. The molecule has 1 N–H and O–H groups in total. The van der Waals surface area contributed by atoms with Crippen LogP contribution in [0, 0.1) is 5.92 Å². The number of carbonyl (C=O) groups is 1. The molecule has 1 atom stereocenters. The minimum absolute atomic E-state index is 0.288. The average molecular weight is 423 g/mol. The first-order chi connectivity index (χ1) is 13.9. The predicted octanol–water partition coefficient (Wildman–Crippen LogP) is 3.94. The number of nitrogens with zero attached hydrogens (tertiary/aromatic N) is 1. The van der Waals surface area contributed by atoms with E-state index in [1.165, 1.54) is 0 Å². The Labute approximate surface area is 176 Å². The van der Waals surface area contributed by atoms with Crippen LogP contribution in [0.25, 0.3) is 0 Å². The monoisotopic (exact) mass is 422 g/mol. The van der Waals surface area contributed by atoms with Gasteiger partial charge < -0.3 is 24.3 Å². The summed E-state index contributed by atoms with van der Waals surface area (Å²) in [4.78, 5) is 17.5. The van der Waals surface area contributed by atoms with Crippen LogP contribution in [-0.2, 0) is 9.53 Å². The molecule has 0 aromatic heterocycles. The number of thioether (sulfide) groups is 1. The number of amidine groups is 1. The summed E-state index contributed by atoms with van der Waals surface area (Å²) < 4.78 is 21.7. The molecule has 1 aromatic carbocycles. The number of nitrogens with one attached hydrogen (secondary N) is 1. The number of carbonyl (C=O) groups excluding carboxylic acids is 1. The van der Waals surface area contributed by atoms with Crippen molar-refractivity contribution in [1.29, 1.82) is 0 Å². The molecule has 0 amide bonds. The first-order valence-corrected chi connectivity index (χ1v) is 10.5. The fraction of sp³-hybridized carbons (Fsp3) is 0.524. The Morgan fingerprint density at radius 1 is 1.17 bits per heavy atom. The summed E-state index contributed by atoms with van der Waals surface area (Å²) in [6.45, 7) is 8.24. The molecule has 8 heteroatoms. The van der Waals surface area contributed by atoms with E-state index < -0.39 is 12.0 Å². The number of hydrogen-bond donors (Lipinski definition) is 1. The molecule has 2 rings (SSSR count). The fourth-order valence-corrected chi connectivity index (χ4v) is 3.84. The molecule has 1 aromatic rings. The van der Waals surface area contributed by atoms with Gasteiger partial charge in [-0.1, -0.05) is 25.6 Å². The Morgan fingerprint density at radius 2 is 1.79 bits per heavy atom. The topological polar surface area (TPSA) is 78.4 Å². The summed E-state index contributed by atoms with van der Waals surface area (Å²) >= 11 is 1.63. The van der Waals surface area contributed by atoms with Crippen LogP contribution in [0.15, 0.2) is 28.4 Å². The molecule has 160 valence electrons. The minimum atomic E-state index is -0.543. The number of rotatable bonds is 8. The van der Waals surface area contributed by atoms with E-state index in [1.807, 2.05) is 19.1 Å². The molecule has 0 unspecified atom stereocenters. The molecule has 0 aliphatic carbocycles. The van der Waals surface area contributed by atoms with Crippen LogP contribution in [0.3, 0.4) is 0 Å². The molecule has 0 radical (unpaired) electrons. The number of esters is 1. The van der Waals surface area contributed by atoms with Gasteiger partial charge in [-0.25, -0.2) is 9.79 Å². The smallest absolute Gasteiger partial charge is 0.338 e. The second-order valence-corrected chi connectivity index (χ2v) is 7.89. The lowest BCUT2D eigenvalue weighted by atomic mass is 9.96. The Morgan fingerprint density at radius 3 is 2.28 bits per heavy atom. The molecule has 0 saturated heterocycles. The Kier molecular flexibility index (Phi) is 8.25. The zero-order valence-electron chi connectivity index (χ0n) is 18.1. The van der Waals surface area contributed by atoms with Crippen molar-refractivity contribution in [1.82, 2.24) is 5.32 Å². The molecular weight excluding hydrogens is 392 g/mol. The van der Waals surface area contributed by atoms with Gasteiger partial charge >= 0.3 is 5.97 Å². The van der Waals surface area contributed by atoms with Crippen molar-refractivity contribution in [3.8, 4) is 17.2 Å². The van der Waals surface area contributed by atoms with Gasteiger partial charge in [0.1, 0.15) is 6.04 Å². The molecule has 1 aliphatic heterocycles. The summed E-state index contributed by atoms with van der Waals surface area (Å²) in [5, 5.41) is 4.01. The highest BCUT2D eigenvalue weighted by Crippen LogP contribution is 2.43. The van der Waals surface area contributed by atoms with E-state index in [-0.39, 0.29) is 6.61 Å². The van der Waals surface area contributed by atoms with Crippen molar-refractivity contribution in [3.63, 3.8) is 0 Å². The van der Waals surface area contributed by atoms with Crippen LogP contribution in [0.5, 0.6) is 17.2 Å². The molecular formula is C21H30N2O5S. The van der Waals surface area contributed by atoms with Gasteiger partial charge in [-0.15, -0.1) is 0 Å². The second kappa shape index (κ2) is 10.4. The van der Waals surface area contributed by atoms with Gasteiger partial charge in [0.25, 0.3) is 0 Å². The largest absolute Gasteiger partial charge is 0.493 e. The molecule has 0 bridgehead atoms. The highest BCUT2D eigenvalue weighted by molar-refractivity contribution is 8.13. The van der Waals surface area contributed by atoms with Crippen LogP contribution in [0.1, 0.15) is 39.3 Å². The minimum Gasteiger partial charge on any atom is -0.493 e. The standard InChI is InChI=1S/C21H30N2O5S/c1-8-28-20(24)17-13(4)22-21(29-11-12(2)3)23-18(17)14-9-15(25-5)19(27-7)16(10-14)26-6/h9-10,12,18H,8,11H2,1-7H3,(H,22,23)/t18-/m1/s1. The van der Waals surface area contributed by atoms with E-state index >= 15 is 0 Å². The normalized spacial score (nSPS) is 16.3. The molecule has 1 heterocycles. The molecule has 0 spiro atoms. The highest BCUT2D eigenvalue weighted by Gasteiger charge is 2.32. The third-order valence-electron chi connectivity index (χ3n) is 4.27. The van der Waals surface area contributed by atoms with Crippen molar-refractivity contribution in [2.45, 2.75) is 33.7 Å². The second-order valence-electron chi connectivity index (χ2n) is 6.88. The van der Waals surface area contributed by atoms with Crippen LogP contribution in [0.2, 0.25) is 0 Å². The van der Waals surface area contributed by atoms with Gasteiger partial charge in [0.2, 0.25) is 5.75 Å². The first-order valence-electron chi connectivity index (χ1n) is 9.51. The van der Waals surface area contributed by atoms with Gasteiger partial charge in [-0.3, -0.25) is 0 Å². The van der Waals surface area contributed by atoms with E-state index in [0.29, 0.717) is 28.7 Å². The fourth-order valence-electron chi connectivity index (χ4n) is 2.94. The van der Waals surface area contributed by atoms with Gasteiger partial charge in [-0.05, 0) is 37.5 Å². The Bertz CT molecular complexity index is 779.